The van der Waals surface area contributed by atoms with Gasteiger partial charge in [0.15, 0.2) is 5.96 Å². The molecule has 0 aromatic carbocycles. The largest absolute Gasteiger partial charge is 0.370 e. The Hall–Kier alpha value is -1.63. The average Bonchev–Trinajstić information content (AvgIpc) is 2.65. The van der Waals surface area contributed by atoms with Crippen molar-refractivity contribution in [3.8, 4) is 0 Å². The second kappa shape index (κ2) is 5.30. The molecule has 6 nitrogen and oxygen atoms in total. The van der Waals surface area contributed by atoms with Gasteiger partial charge in [-0.2, -0.15) is 4.99 Å². The molecule has 1 atom stereocenters. The Morgan fingerprint density at radius 3 is 2.73 bits per heavy atom. The summed E-state index contributed by atoms with van der Waals surface area (Å²) in [5.41, 5.74) is 15.9. The number of hydrogen-bond donors (Lipinski definition) is 3. The van der Waals surface area contributed by atoms with E-state index in [1.807, 2.05) is 12.3 Å². The van der Waals surface area contributed by atoms with Crippen molar-refractivity contribution in [3.05, 3.63) is 16.6 Å². The molecule has 0 aliphatic rings. The Bertz CT molecular complexity index is 351. The fourth-order valence-electron chi connectivity index (χ4n) is 1.04. The van der Waals surface area contributed by atoms with Crippen LogP contribution in [0.3, 0.4) is 0 Å². The van der Waals surface area contributed by atoms with Crippen molar-refractivity contribution in [2.75, 3.05) is 0 Å². The van der Waals surface area contributed by atoms with Gasteiger partial charge in [0, 0.05) is 11.6 Å². The van der Waals surface area contributed by atoms with Crippen LogP contribution in [0.1, 0.15) is 24.4 Å². The number of nitrogens with two attached hydrogens (primary N) is 3. The van der Waals surface area contributed by atoms with Gasteiger partial charge in [-0.05, 0) is 6.42 Å². The molecular weight excluding hydrogens is 212 g/mol. The van der Waals surface area contributed by atoms with Gasteiger partial charge in [-0.3, -0.25) is 0 Å². The normalized spacial score (nSPS) is 13.5. The Labute approximate surface area is 91.9 Å². The summed E-state index contributed by atoms with van der Waals surface area (Å²) < 4.78 is 0. The fraction of sp³-hybridized carbons (Fsp3) is 0.375. The molecule has 1 unspecified atom stereocenters. The highest BCUT2D eigenvalue weighted by Crippen LogP contribution is 2.22. The van der Waals surface area contributed by atoms with E-state index in [4.69, 9.17) is 17.2 Å². The maximum Gasteiger partial charge on any atom is 0.219 e. The minimum Gasteiger partial charge on any atom is -0.370 e. The molecule has 0 saturated carbocycles. The molecule has 0 amide bonds. The predicted octanol–water partition coefficient (Wildman–Crippen LogP) is 0.182. The number of guanidine groups is 2. The molecule has 0 radical (unpaired) electrons. The van der Waals surface area contributed by atoms with Gasteiger partial charge in [0.1, 0.15) is 11.0 Å². The molecule has 0 aliphatic carbocycles. The van der Waals surface area contributed by atoms with Crippen molar-refractivity contribution in [3.63, 3.8) is 0 Å². The Balaban J connectivity index is 2.82. The molecule has 1 heterocycles. The van der Waals surface area contributed by atoms with Gasteiger partial charge in [-0.1, -0.05) is 6.92 Å². The van der Waals surface area contributed by atoms with Gasteiger partial charge in [-0.25, -0.2) is 9.98 Å². The van der Waals surface area contributed by atoms with E-state index < -0.39 is 0 Å². The summed E-state index contributed by atoms with van der Waals surface area (Å²) in [6.45, 7) is 2.00. The zero-order valence-electron chi connectivity index (χ0n) is 8.42. The summed E-state index contributed by atoms with van der Waals surface area (Å²) >= 11 is 1.53. The summed E-state index contributed by atoms with van der Waals surface area (Å²) in [6, 6.07) is -0.0758. The lowest BCUT2D eigenvalue weighted by Crippen LogP contribution is -2.26. The van der Waals surface area contributed by atoms with Gasteiger partial charge < -0.3 is 17.2 Å². The van der Waals surface area contributed by atoms with E-state index >= 15 is 0 Å². The molecule has 6 N–H and O–H groups in total. The molecule has 1 aromatic rings. The highest BCUT2D eigenvalue weighted by molar-refractivity contribution is 7.09. The minimum absolute atomic E-state index is 0.0758. The van der Waals surface area contributed by atoms with Crippen LogP contribution in [0.5, 0.6) is 0 Å². The highest BCUT2D eigenvalue weighted by Gasteiger charge is 2.10. The van der Waals surface area contributed by atoms with Crippen LogP contribution >= 0.6 is 11.3 Å². The van der Waals surface area contributed by atoms with E-state index in [0.717, 1.165) is 11.4 Å². The fourth-order valence-corrected chi connectivity index (χ4v) is 1.80. The van der Waals surface area contributed by atoms with Crippen molar-refractivity contribution in [1.82, 2.24) is 4.98 Å². The molecular formula is C8H14N6S. The maximum absolute atomic E-state index is 5.54. The molecule has 0 fully saturated rings. The molecule has 7 heteroatoms. The lowest BCUT2D eigenvalue weighted by atomic mass is 10.2. The standard InChI is InChI=1S/C8H14N6S/c1-2-5(6-12-3-4-15-6)13-8(11)14-7(9)10/h3-5H,2H2,1H3,(H6,9,10,11,13,14). The Kier molecular flexibility index (Phi) is 4.04. The Morgan fingerprint density at radius 1 is 1.53 bits per heavy atom. The average molecular weight is 226 g/mol. The third-order valence-electron chi connectivity index (χ3n) is 1.65. The second-order valence-electron chi connectivity index (χ2n) is 2.82. The highest BCUT2D eigenvalue weighted by atomic mass is 32.1. The topological polar surface area (TPSA) is 116 Å². The monoisotopic (exact) mass is 226 g/mol. The lowest BCUT2D eigenvalue weighted by molar-refractivity contribution is 0.693. The van der Waals surface area contributed by atoms with E-state index in [9.17, 15) is 0 Å². The van der Waals surface area contributed by atoms with Crippen LogP contribution in [0.15, 0.2) is 21.6 Å². The smallest absolute Gasteiger partial charge is 0.219 e. The molecule has 0 saturated heterocycles. The van der Waals surface area contributed by atoms with Gasteiger partial charge in [-0.15, -0.1) is 11.3 Å². The van der Waals surface area contributed by atoms with E-state index in [1.165, 1.54) is 11.3 Å². The van der Waals surface area contributed by atoms with E-state index in [-0.39, 0.29) is 18.0 Å². The molecule has 0 aliphatic heterocycles. The van der Waals surface area contributed by atoms with Gasteiger partial charge in [0.25, 0.3) is 0 Å². The number of thiazole rings is 1. The van der Waals surface area contributed by atoms with Crippen molar-refractivity contribution in [1.29, 1.82) is 0 Å². The summed E-state index contributed by atoms with van der Waals surface area (Å²) in [6.07, 6.45) is 2.53. The summed E-state index contributed by atoms with van der Waals surface area (Å²) in [7, 11) is 0. The third kappa shape index (κ3) is 3.55. The summed E-state index contributed by atoms with van der Waals surface area (Å²) in [5.74, 6) is -0.0118. The van der Waals surface area contributed by atoms with Crippen LogP contribution in [0.2, 0.25) is 0 Å². The third-order valence-corrected chi connectivity index (χ3v) is 2.53. The molecule has 0 bridgehead atoms. The number of rotatable bonds is 3. The lowest BCUT2D eigenvalue weighted by Gasteiger charge is -2.05. The molecule has 1 aromatic heterocycles. The molecule has 15 heavy (non-hydrogen) atoms. The van der Waals surface area contributed by atoms with Crippen LogP contribution in [-0.4, -0.2) is 16.9 Å². The number of nitrogens with zero attached hydrogens (tertiary/aromatic N) is 3. The number of aromatic nitrogens is 1. The SMILES string of the molecule is CCC(N=C(N)N=C(N)N)c1nccs1. The summed E-state index contributed by atoms with van der Waals surface area (Å²) in [4.78, 5) is 12.0. The molecule has 0 spiro atoms. The van der Waals surface area contributed by atoms with Crippen LogP contribution in [-0.2, 0) is 0 Å². The first-order valence-corrected chi connectivity index (χ1v) is 5.33. The summed E-state index contributed by atoms with van der Waals surface area (Å²) in [5, 5.41) is 2.80. The van der Waals surface area contributed by atoms with E-state index in [1.54, 1.807) is 6.20 Å². The molecule has 1 rings (SSSR count). The number of hydrogen-bond acceptors (Lipinski definition) is 3. The van der Waals surface area contributed by atoms with Gasteiger partial charge >= 0.3 is 0 Å². The van der Waals surface area contributed by atoms with Crippen molar-refractivity contribution in [2.45, 2.75) is 19.4 Å². The van der Waals surface area contributed by atoms with Crippen molar-refractivity contribution < 1.29 is 0 Å². The van der Waals surface area contributed by atoms with E-state index in [0.29, 0.717) is 0 Å². The molecule has 82 valence electrons. The first kappa shape index (κ1) is 11.4. The quantitative estimate of drug-likeness (QED) is 0.503. The van der Waals surface area contributed by atoms with Gasteiger partial charge in [0.05, 0.1) is 0 Å². The van der Waals surface area contributed by atoms with Crippen molar-refractivity contribution >= 4 is 23.3 Å². The van der Waals surface area contributed by atoms with Crippen LogP contribution in [0.4, 0.5) is 0 Å². The second-order valence-corrected chi connectivity index (χ2v) is 3.74. The van der Waals surface area contributed by atoms with Crippen molar-refractivity contribution in [2.24, 2.45) is 27.2 Å². The zero-order valence-corrected chi connectivity index (χ0v) is 9.24. The van der Waals surface area contributed by atoms with E-state index in [2.05, 4.69) is 15.0 Å². The van der Waals surface area contributed by atoms with Crippen LogP contribution in [0.25, 0.3) is 0 Å². The van der Waals surface area contributed by atoms with Crippen LogP contribution < -0.4 is 17.2 Å². The Morgan fingerprint density at radius 2 is 2.27 bits per heavy atom. The minimum atomic E-state index is -0.0924. The zero-order chi connectivity index (χ0) is 11.3. The predicted molar refractivity (Wildman–Crippen MR) is 62.6 cm³/mol. The first-order valence-electron chi connectivity index (χ1n) is 4.45. The van der Waals surface area contributed by atoms with Gasteiger partial charge in [0.2, 0.25) is 5.96 Å². The first-order chi connectivity index (χ1) is 7.13. The van der Waals surface area contributed by atoms with Crippen LogP contribution in [0, 0.1) is 0 Å². The number of aliphatic imine (C=N–C) groups is 2. The maximum atomic E-state index is 5.54.